The van der Waals surface area contributed by atoms with E-state index < -0.39 is 0 Å². The molecule has 1 unspecified atom stereocenters. The summed E-state index contributed by atoms with van der Waals surface area (Å²) in [7, 11) is 3.64. The van der Waals surface area contributed by atoms with Crippen LogP contribution in [0.1, 0.15) is 37.0 Å². The molecule has 6 nitrogen and oxygen atoms in total. The molecule has 0 saturated carbocycles. The molecule has 3 heterocycles. The molecule has 0 radical (unpaired) electrons. The van der Waals surface area contributed by atoms with Crippen molar-refractivity contribution in [3.8, 4) is 0 Å². The number of likely N-dealkylation sites (tertiary alicyclic amines) is 2. The Morgan fingerprint density at radius 3 is 2.77 bits per heavy atom. The topological polar surface area (TPSA) is 49.3 Å². The summed E-state index contributed by atoms with van der Waals surface area (Å²) in [6, 6.07) is 4.40. The SMILES string of the molecule is CN=C(NCC1CCCN(Cc2cccs2)C1)N1CCC(OCCCOC)CC1.I. The normalized spacial score (nSPS) is 21.5. The van der Waals surface area contributed by atoms with Gasteiger partial charge >= 0.3 is 0 Å². The van der Waals surface area contributed by atoms with Gasteiger partial charge in [-0.2, -0.15) is 0 Å². The largest absolute Gasteiger partial charge is 0.385 e. The van der Waals surface area contributed by atoms with Crippen molar-refractivity contribution < 1.29 is 9.47 Å². The van der Waals surface area contributed by atoms with Crippen molar-refractivity contribution in [2.45, 2.75) is 44.8 Å². The first-order chi connectivity index (χ1) is 14.3. The number of hydrogen-bond acceptors (Lipinski definition) is 5. The molecule has 2 aliphatic heterocycles. The van der Waals surface area contributed by atoms with Crippen molar-refractivity contribution in [3.05, 3.63) is 22.4 Å². The average molecular weight is 551 g/mol. The average Bonchev–Trinajstić information content (AvgIpc) is 3.26. The Balaban J connectivity index is 0.00000320. The van der Waals surface area contributed by atoms with Gasteiger partial charge in [-0.05, 0) is 56.0 Å². The lowest BCUT2D eigenvalue weighted by atomic mass is 9.98. The minimum atomic E-state index is 0. The number of aliphatic imine (C=N–C) groups is 1. The molecule has 0 aliphatic carbocycles. The first-order valence-corrected chi connectivity index (χ1v) is 12.0. The van der Waals surface area contributed by atoms with Crippen molar-refractivity contribution in [2.75, 3.05) is 60.1 Å². The van der Waals surface area contributed by atoms with Gasteiger partial charge in [0.25, 0.3) is 0 Å². The summed E-state index contributed by atoms with van der Waals surface area (Å²) in [6.45, 7) is 8.13. The summed E-state index contributed by atoms with van der Waals surface area (Å²) in [4.78, 5) is 11.0. The fraction of sp³-hybridized carbons (Fsp3) is 0.773. The fourth-order valence-corrected chi connectivity index (χ4v) is 5.09. The highest BCUT2D eigenvalue weighted by atomic mass is 127. The summed E-state index contributed by atoms with van der Waals surface area (Å²) in [6.07, 6.45) is 6.11. The van der Waals surface area contributed by atoms with Gasteiger partial charge < -0.3 is 19.7 Å². The van der Waals surface area contributed by atoms with Crippen molar-refractivity contribution in [1.29, 1.82) is 0 Å². The number of nitrogens with zero attached hydrogens (tertiary/aromatic N) is 3. The van der Waals surface area contributed by atoms with Gasteiger partial charge in [-0.25, -0.2) is 0 Å². The molecule has 2 fully saturated rings. The second kappa shape index (κ2) is 14.6. The predicted molar refractivity (Wildman–Crippen MR) is 136 cm³/mol. The maximum Gasteiger partial charge on any atom is 0.193 e. The molecule has 1 aromatic rings. The van der Waals surface area contributed by atoms with Crippen LogP contribution in [0.15, 0.2) is 22.5 Å². The first-order valence-electron chi connectivity index (χ1n) is 11.1. The Hall–Kier alpha value is -0.420. The lowest BCUT2D eigenvalue weighted by Crippen LogP contribution is -2.49. The van der Waals surface area contributed by atoms with E-state index in [2.05, 4.69) is 37.6 Å². The summed E-state index contributed by atoms with van der Waals surface area (Å²) in [5.41, 5.74) is 0. The Labute approximate surface area is 203 Å². The molecule has 30 heavy (non-hydrogen) atoms. The van der Waals surface area contributed by atoms with Crippen LogP contribution < -0.4 is 5.32 Å². The summed E-state index contributed by atoms with van der Waals surface area (Å²) in [5.74, 6) is 1.75. The van der Waals surface area contributed by atoms with Gasteiger partial charge in [-0.15, -0.1) is 35.3 Å². The van der Waals surface area contributed by atoms with E-state index in [-0.39, 0.29) is 24.0 Å². The molecule has 2 aliphatic rings. The van der Waals surface area contributed by atoms with E-state index >= 15 is 0 Å². The standard InChI is InChI=1S/C22H38N4O2S.HI/c1-23-22(26-11-8-20(9-12-26)28-14-5-13-27-2)24-16-19-6-3-10-25(17-19)18-21-7-4-15-29-21;/h4,7,15,19-20H,3,5-6,8-14,16-18H2,1-2H3,(H,23,24);1H. The molecular weight excluding hydrogens is 511 g/mol. The number of thiophene rings is 1. The zero-order chi connectivity index (χ0) is 20.3. The van der Waals surface area contributed by atoms with Gasteiger partial charge in [0.2, 0.25) is 0 Å². The van der Waals surface area contributed by atoms with E-state index in [0.29, 0.717) is 12.0 Å². The van der Waals surface area contributed by atoms with Crippen LogP contribution in [0.25, 0.3) is 0 Å². The second-order valence-corrected chi connectivity index (χ2v) is 9.19. The summed E-state index contributed by atoms with van der Waals surface area (Å²) in [5, 5.41) is 5.83. The van der Waals surface area contributed by atoms with Crippen LogP contribution in [-0.4, -0.2) is 82.0 Å². The lowest BCUT2D eigenvalue weighted by molar-refractivity contribution is 0.00985. The Morgan fingerprint density at radius 2 is 2.07 bits per heavy atom. The first kappa shape index (κ1) is 25.8. The van der Waals surface area contributed by atoms with Gasteiger partial charge in [0.15, 0.2) is 5.96 Å². The highest BCUT2D eigenvalue weighted by molar-refractivity contribution is 14.0. The van der Waals surface area contributed by atoms with Gasteiger partial charge in [0, 0.05) is 65.0 Å². The van der Waals surface area contributed by atoms with Gasteiger partial charge in [0.05, 0.1) is 6.10 Å². The van der Waals surface area contributed by atoms with E-state index in [9.17, 15) is 0 Å². The highest BCUT2D eigenvalue weighted by Crippen LogP contribution is 2.20. The lowest BCUT2D eigenvalue weighted by Gasteiger charge is -2.36. The molecular formula is C22H39IN4O2S. The van der Waals surface area contributed by atoms with Crippen LogP contribution >= 0.6 is 35.3 Å². The summed E-state index contributed by atoms with van der Waals surface area (Å²) < 4.78 is 11.1. The van der Waals surface area contributed by atoms with Gasteiger partial charge in [0.1, 0.15) is 0 Å². The van der Waals surface area contributed by atoms with Crippen LogP contribution in [0.3, 0.4) is 0 Å². The third kappa shape index (κ3) is 8.61. The maximum absolute atomic E-state index is 5.99. The third-order valence-corrected chi connectivity index (χ3v) is 6.77. The number of ether oxygens (including phenoxy) is 2. The number of guanidine groups is 1. The minimum Gasteiger partial charge on any atom is -0.385 e. The van der Waals surface area contributed by atoms with Crippen LogP contribution in [0.2, 0.25) is 0 Å². The molecule has 8 heteroatoms. The maximum atomic E-state index is 5.99. The number of rotatable bonds is 9. The third-order valence-electron chi connectivity index (χ3n) is 5.91. The van der Waals surface area contributed by atoms with Crippen molar-refractivity contribution in [1.82, 2.24) is 15.1 Å². The highest BCUT2D eigenvalue weighted by Gasteiger charge is 2.24. The Morgan fingerprint density at radius 1 is 1.23 bits per heavy atom. The Kier molecular flexibility index (Phi) is 12.6. The quantitative estimate of drug-likeness (QED) is 0.220. The smallest absolute Gasteiger partial charge is 0.193 e. The predicted octanol–water partition coefficient (Wildman–Crippen LogP) is 3.67. The number of piperidine rings is 2. The summed E-state index contributed by atoms with van der Waals surface area (Å²) >= 11 is 1.87. The monoisotopic (exact) mass is 550 g/mol. The zero-order valence-corrected chi connectivity index (χ0v) is 21.7. The fourth-order valence-electron chi connectivity index (χ4n) is 4.34. The molecule has 1 aromatic heterocycles. The zero-order valence-electron chi connectivity index (χ0n) is 18.6. The van der Waals surface area contributed by atoms with E-state index in [1.165, 1.54) is 30.8 Å². The molecule has 1 atom stereocenters. The second-order valence-electron chi connectivity index (χ2n) is 8.15. The molecule has 172 valence electrons. The number of hydrogen-bond donors (Lipinski definition) is 1. The van der Waals surface area contributed by atoms with Gasteiger partial charge in [-0.1, -0.05) is 6.07 Å². The number of methoxy groups -OCH3 is 1. The molecule has 0 spiro atoms. The van der Waals surface area contributed by atoms with Crippen molar-refractivity contribution in [2.24, 2.45) is 10.9 Å². The molecule has 2 saturated heterocycles. The number of halogens is 1. The van der Waals surface area contributed by atoms with Crippen LogP contribution in [0, 0.1) is 5.92 Å². The molecule has 0 amide bonds. The van der Waals surface area contributed by atoms with Crippen molar-refractivity contribution >= 4 is 41.3 Å². The minimum absolute atomic E-state index is 0. The van der Waals surface area contributed by atoms with Crippen LogP contribution in [-0.2, 0) is 16.0 Å². The van der Waals surface area contributed by atoms with Crippen LogP contribution in [0.5, 0.6) is 0 Å². The molecule has 0 bridgehead atoms. The Bertz CT molecular complexity index is 594. The van der Waals surface area contributed by atoms with E-state index in [4.69, 9.17) is 9.47 Å². The van der Waals surface area contributed by atoms with E-state index in [1.807, 2.05) is 18.4 Å². The number of nitrogens with one attached hydrogen (secondary N) is 1. The van der Waals surface area contributed by atoms with Crippen LogP contribution in [0.4, 0.5) is 0 Å². The van der Waals surface area contributed by atoms with E-state index in [0.717, 1.165) is 64.6 Å². The molecule has 0 aromatic carbocycles. The van der Waals surface area contributed by atoms with Gasteiger partial charge in [-0.3, -0.25) is 9.89 Å². The molecule has 3 rings (SSSR count). The van der Waals surface area contributed by atoms with Crippen molar-refractivity contribution in [3.63, 3.8) is 0 Å². The van der Waals surface area contributed by atoms with E-state index in [1.54, 1.807) is 7.11 Å². The molecule has 1 N–H and O–H groups in total.